The van der Waals surface area contributed by atoms with Crippen molar-refractivity contribution in [3.05, 3.63) is 35.6 Å². The number of urea groups is 1. The molecular weight excluding hydrogens is 325 g/mol. The molecular formula is C18H22FN3O3. The van der Waals surface area contributed by atoms with Crippen LogP contribution >= 0.6 is 0 Å². The Morgan fingerprint density at radius 2 is 1.72 bits per heavy atom. The molecule has 3 saturated heterocycles. The Labute approximate surface area is 146 Å². The molecule has 1 aromatic rings. The van der Waals surface area contributed by atoms with Gasteiger partial charge in [0.1, 0.15) is 5.82 Å². The van der Waals surface area contributed by atoms with E-state index >= 15 is 0 Å². The SMILES string of the molecule is O=C(c1ccc(F)cc1)N1CCN2C(=O)N(C3CCOCC3)C[C@H]2C1. The van der Waals surface area contributed by atoms with Crippen molar-refractivity contribution in [2.45, 2.75) is 24.9 Å². The van der Waals surface area contributed by atoms with Crippen molar-refractivity contribution in [2.24, 2.45) is 0 Å². The fourth-order valence-electron chi connectivity index (χ4n) is 4.00. The summed E-state index contributed by atoms with van der Waals surface area (Å²) in [5.74, 6) is -0.452. The average molecular weight is 347 g/mol. The first-order valence-electron chi connectivity index (χ1n) is 8.83. The number of nitrogens with zero attached hydrogens (tertiary/aromatic N) is 3. The summed E-state index contributed by atoms with van der Waals surface area (Å²) in [4.78, 5) is 30.9. The van der Waals surface area contributed by atoms with E-state index < -0.39 is 0 Å². The zero-order valence-corrected chi connectivity index (χ0v) is 14.1. The van der Waals surface area contributed by atoms with Crippen molar-refractivity contribution in [3.8, 4) is 0 Å². The van der Waals surface area contributed by atoms with Crippen LogP contribution < -0.4 is 0 Å². The smallest absolute Gasteiger partial charge is 0.320 e. The lowest BCUT2D eigenvalue weighted by molar-refractivity contribution is 0.0504. The van der Waals surface area contributed by atoms with E-state index in [2.05, 4.69) is 0 Å². The summed E-state index contributed by atoms with van der Waals surface area (Å²) in [6.07, 6.45) is 1.76. The first-order chi connectivity index (χ1) is 12.1. The molecule has 6 nitrogen and oxygen atoms in total. The highest BCUT2D eigenvalue weighted by molar-refractivity contribution is 5.94. The summed E-state index contributed by atoms with van der Waals surface area (Å²) >= 11 is 0. The van der Waals surface area contributed by atoms with Crippen molar-refractivity contribution in [3.63, 3.8) is 0 Å². The third-order valence-electron chi connectivity index (χ3n) is 5.39. The average Bonchev–Trinajstić information content (AvgIpc) is 2.99. The van der Waals surface area contributed by atoms with Crippen molar-refractivity contribution < 1.29 is 18.7 Å². The van der Waals surface area contributed by atoms with Crippen LogP contribution in [-0.4, -0.2) is 78.1 Å². The van der Waals surface area contributed by atoms with E-state index in [1.165, 1.54) is 24.3 Å². The minimum absolute atomic E-state index is 0.0356. The lowest BCUT2D eigenvalue weighted by Crippen LogP contribution is -2.53. The van der Waals surface area contributed by atoms with E-state index in [4.69, 9.17) is 4.74 Å². The van der Waals surface area contributed by atoms with Gasteiger partial charge in [-0.15, -0.1) is 0 Å². The standard InChI is InChI=1S/C18H22FN3O3/c19-14-3-1-13(2-4-14)17(23)20-7-8-21-16(11-20)12-22(18(21)24)15-5-9-25-10-6-15/h1-4,15-16H,5-12H2/t16-/m1/s1. The van der Waals surface area contributed by atoms with Crippen LogP contribution in [0.5, 0.6) is 0 Å². The summed E-state index contributed by atoms with van der Waals surface area (Å²) in [7, 11) is 0. The molecule has 4 rings (SSSR count). The minimum atomic E-state index is -0.352. The maximum absolute atomic E-state index is 13.0. The monoisotopic (exact) mass is 347 g/mol. The largest absolute Gasteiger partial charge is 0.381 e. The molecule has 3 amide bonds. The van der Waals surface area contributed by atoms with Gasteiger partial charge in [-0.25, -0.2) is 9.18 Å². The first kappa shape index (κ1) is 16.3. The summed E-state index contributed by atoms with van der Waals surface area (Å²) in [6, 6.07) is 5.99. The van der Waals surface area contributed by atoms with Gasteiger partial charge >= 0.3 is 6.03 Å². The van der Waals surface area contributed by atoms with Crippen LogP contribution in [0.15, 0.2) is 24.3 Å². The fourth-order valence-corrected chi connectivity index (χ4v) is 4.00. The molecule has 3 fully saturated rings. The Kier molecular flexibility index (Phi) is 4.33. The molecule has 3 aliphatic rings. The predicted molar refractivity (Wildman–Crippen MR) is 88.7 cm³/mol. The van der Waals surface area contributed by atoms with Gasteiger partial charge in [0.05, 0.1) is 6.04 Å². The summed E-state index contributed by atoms with van der Waals surface area (Å²) < 4.78 is 18.4. The number of hydrogen-bond donors (Lipinski definition) is 0. The highest BCUT2D eigenvalue weighted by atomic mass is 19.1. The summed E-state index contributed by atoms with van der Waals surface area (Å²) in [5, 5.41) is 0. The highest BCUT2D eigenvalue weighted by Crippen LogP contribution is 2.26. The zero-order valence-electron chi connectivity index (χ0n) is 14.1. The van der Waals surface area contributed by atoms with Gasteiger partial charge in [-0.05, 0) is 37.1 Å². The number of carbonyl (C=O) groups excluding carboxylic acids is 2. The van der Waals surface area contributed by atoms with Crippen LogP contribution in [0.2, 0.25) is 0 Å². The number of carbonyl (C=O) groups is 2. The Bertz CT molecular complexity index is 660. The summed E-state index contributed by atoms with van der Waals surface area (Å²) in [6.45, 7) is 3.66. The van der Waals surface area contributed by atoms with Gasteiger partial charge in [0, 0.05) is 51.0 Å². The minimum Gasteiger partial charge on any atom is -0.381 e. The van der Waals surface area contributed by atoms with Crippen molar-refractivity contribution >= 4 is 11.9 Å². The molecule has 25 heavy (non-hydrogen) atoms. The molecule has 3 heterocycles. The Balaban J connectivity index is 1.43. The van der Waals surface area contributed by atoms with E-state index in [-0.39, 0.29) is 29.8 Å². The number of piperazine rings is 1. The number of halogens is 1. The van der Waals surface area contributed by atoms with Crippen molar-refractivity contribution in [1.82, 2.24) is 14.7 Å². The molecule has 0 unspecified atom stereocenters. The Hall–Kier alpha value is -2.15. The first-order valence-corrected chi connectivity index (χ1v) is 8.83. The van der Waals surface area contributed by atoms with Crippen LogP contribution in [0, 0.1) is 5.82 Å². The molecule has 7 heteroatoms. The normalized spacial score (nSPS) is 24.6. The molecule has 0 N–H and O–H groups in total. The third-order valence-corrected chi connectivity index (χ3v) is 5.39. The van der Waals surface area contributed by atoms with Gasteiger partial charge in [-0.1, -0.05) is 0 Å². The number of hydrogen-bond acceptors (Lipinski definition) is 3. The molecule has 0 aliphatic carbocycles. The molecule has 134 valence electrons. The second kappa shape index (κ2) is 6.63. The molecule has 0 bridgehead atoms. The van der Waals surface area contributed by atoms with Crippen LogP contribution in [0.25, 0.3) is 0 Å². The van der Waals surface area contributed by atoms with Gasteiger partial charge in [0.15, 0.2) is 0 Å². The van der Waals surface area contributed by atoms with Crippen LogP contribution in [0.1, 0.15) is 23.2 Å². The lowest BCUT2D eigenvalue weighted by atomic mass is 10.1. The molecule has 3 aliphatic heterocycles. The van der Waals surface area contributed by atoms with E-state index in [0.717, 1.165) is 12.8 Å². The van der Waals surface area contributed by atoms with Gasteiger partial charge in [-0.2, -0.15) is 0 Å². The number of benzene rings is 1. The lowest BCUT2D eigenvalue weighted by Gasteiger charge is -2.36. The number of rotatable bonds is 2. The van der Waals surface area contributed by atoms with Crippen LogP contribution in [0.4, 0.5) is 9.18 Å². The van der Waals surface area contributed by atoms with Crippen LogP contribution in [0.3, 0.4) is 0 Å². The van der Waals surface area contributed by atoms with Crippen molar-refractivity contribution in [2.75, 3.05) is 39.4 Å². The maximum atomic E-state index is 13.0. The maximum Gasteiger partial charge on any atom is 0.320 e. The van der Waals surface area contributed by atoms with E-state index in [1.807, 2.05) is 9.80 Å². The van der Waals surface area contributed by atoms with Gasteiger partial charge in [-0.3, -0.25) is 4.79 Å². The van der Waals surface area contributed by atoms with Gasteiger partial charge in [0.2, 0.25) is 0 Å². The third kappa shape index (κ3) is 3.08. The van der Waals surface area contributed by atoms with Gasteiger partial charge < -0.3 is 19.4 Å². The highest BCUT2D eigenvalue weighted by Gasteiger charge is 2.44. The predicted octanol–water partition coefficient (Wildman–Crippen LogP) is 1.57. The molecule has 1 atom stereocenters. The molecule has 0 aromatic heterocycles. The molecule has 0 radical (unpaired) electrons. The molecule has 1 aromatic carbocycles. The number of ether oxygens (including phenoxy) is 1. The van der Waals surface area contributed by atoms with Crippen LogP contribution in [-0.2, 0) is 4.74 Å². The van der Waals surface area contributed by atoms with Gasteiger partial charge in [0.25, 0.3) is 5.91 Å². The fraction of sp³-hybridized carbons (Fsp3) is 0.556. The number of fused-ring (bicyclic) bond motifs is 1. The Morgan fingerprint density at radius 3 is 2.44 bits per heavy atom. The molecule has 0 saturated carbocycles. The Morgan fingerprint density at radius 1 is 1.00 bits per heavy atom. The quantitative estimate of drug-likeness (QED) is 0.816. The topological polar surface area (TPSA) is 53.1 Å². The van der Waals surface area contributed by atoms with Crippen molar-refractivity contribution in [1.29, 1.82) is 0 Å². The summed E-state index contributed by atoms with van der Waals surface area (Å²) in [5.41, 5.74) is 0.487. The zero-order chi connectivity index (χ0) is 17.4. The van der Waals surface area contributed by atoms with E-state index in [1.54, 1.807) is 4.90 Å². The second-order valence-electron chi connectivity index (χ2n) is 6.88. The second-order valence-corrected chi connectivity index (χ2v) is 6.88. The van der Waals surface area contributed by atoms with E-state index in [0.29, 0.717) is 45.0 Å². The number of amides is 3. The molecule has 0 spiro atoms. The van der Waals surface area contributed by atoms with E-state index in [9.17, 15) is 14.0 Å².